The molecule has 0 spiro atoms. The van der Waals surface area contributed by atoms with Crippen LogP contribution in [0.25, 0.3) is 0 Å². The number of rotatable bonds is 0. The molecule has 3 unspecified atom stereocenters. The highest BCUT2D eigenvalue weighted by Gasteiger charge is 2.36. The highest BCUT2D eigenvalue weighted by Crippen LogP contribution is 2.40. The van der Waals surface area contributed by atoms with Crippen LogP contribution in [-0.2, 0) is 4.79 Å². The molecule has 0 aromatic heterocycles. The number of amides is 1. The zero-order valence-electron chi connectivity index (χ0n) is 10.3. The molecule has 0 saturated carbocycles. The van der Waals surface area contributed by atoms with E-state index in [1.54, 1.807) is 6.92 Å². The van der Waals surface area contributed by atoms with E-state index in [0.717, 1.165) is 15.7 Å². The van der Waals surface area contributed by atoms with Crippen molar-refractivity contribution >= 4 is 27.5 Å². The second kappa shape index (κ2) is 4.42. The summed E-state index contributed by atoms with van der Waals surface area (Å²) in [5.41, 5.74) is 8.24. The lowest BCUT2D eigenvalue weighted by molar-refractivity contribution is -0.117. The Morgan fingerprint density at radius 2 is 2.06 bits per heavy atom. The van der Waals surface area contributed by atoms with Crippen LogP contribution in [0.2, 0.25) is 0 Å². The average molecular weight is 297 g/mol. The van der Waals surface area contributed by atoms with Gasteiger partial charge < -0.3 is 10.6 Å². The van der Waals surface area contributed by atoms with Crippen LogP contribution < -0.4 is 10.6 Å². The fourth-order valence-electron chi connectivity index (χ4n) is 2.51. The van der Waals surface area contributed by atoms with Crippen LogP contribution in [0.4, 0.5) is 5.69 Å². The molecule has 17 heavy (non-hydrogen) atoms. The summed E-state index contributed by atoms with van der Waals surface area (Å²) in [4.78, 5) is 13.6. The van der Waals surface area contributed by atoms with Gasteiger partial charge in [0.1, 0.15) is 0 Å². The topological polar surface area (TPSA) is 46.3 Å². The molecule has 4 heteroatoms. The van der Waals surface area contributed by atoms with Gasteiger partial charge in [-0.2, -0.15) is 0 Å². The van der Waals surface area contributed by atoms with Crippen molar-refractivity contribution in [2.24, 2.45) is 11.7 Å². The highest BCUT2D eigenvalue weighted by molar-refractivity contribution is 9.10. The number of hydrogen-bond acceptors (Lipinski definition) is 2. The number of benzene rings is 1. The van der Waals surface area contributed by atoms with Crippen molar-refractivity contribution in [2.75, 3.05) is 4.90 Å². The van der Waals surface area contributed by atoms with Gasteiger partial charge in [0, 0.05) is 29.2 Å². The van der Waals surface area contributed by atoms with Crippen LogP contribution in [0.5, 0.6) is 0 Å². The summed E-state index contributed by atoms with van der Waals surface area (Å²) in [7, 11) is 0. The van der Waals surface area contributed by atoms with Gasteiger partial charge in [-0.15, -0.1) is 0 Å². The summed E-state index contributed by atoms with van der Waals surface area (Å²) in [6.45, 7) is 5.75. The maximum atomic E-state index is 11.8. The van der Waals surface area contributed by atoms with E-state index in [2.05, 4.69) is 29.8 Å². The van der Waals surface area contributed by atoms with Gasteiger partial charge >= 0.3 is 0 Å². The first-order valence-electron chi connectivity index (χ1n) is 5.78. The number of nitrogens with two attached hydrogens (primary N) is 1. The SMILES string of the molecule is CC(=O)N1c2ccc(Br)cc2C(N)C(C)C1C. The lowest BCUT2D eigenvalue weighted by Crippen LogP contribution is -2.48. The van der Waals surface area contributed by atoms with E-state index in [0.29, 0.717) is 0 Å². The molecule has 1 amide bonds. The molecule has 0 radical (unpaired) electrons. The minimum atomic E-state index is -0.0203. The molecule has 1 aliphatic rings. The molecule has 0 aliphatic carbocycles. The van der Waals surface area contributed by atoms with Gasteiger partial charge in [-0.25, -0.2) is 0 Å². The Morgan fingerprint density at radius 1 is 1.41 bits per heavy atom. The van der Waals surface area contributed by atoms with Crippen LogP contribution in [0.1, 0.15) is 32.4 Å². The molecule has 0 saturated heterocycles. The smallest absolute Gasteiger partial charge is 0.224 e. The highest BCUT2D eigenvalue weighted by atomic mass is 79.9. The fraction of sp³-hybridized carbons (Fsp3) is 0.462. The molecular formula is C13H17BrN2O. The number of carbonyl (C=O) groups excluding carboxylic acids is 1. The molecule has 3 atom stereocenters. The average Bonchev–Trinajstić information content (AvgIpc) is 2.27. The van der Waals surface area contributed by atoms with Crippen LogP contribution in [0.3, 0.4) is 0 Å². The molecular weight excluding hydrogens is 280 g/mol. The Bertz CT molecular complexity index is 461. The predicted octanol–water partition coefficient (Wildman–Crippen LogP) is 2.84. The van der Waals surface area contributed by atoms with Gasteiger partial charge in [0.05, 0.1) is 0 Å². The van der Waals surface area contributed by atoms with Crippen molar-refractivity contribution in [1.82, 2.24) is 0 Å². The minimum Gasteiger partial charge on any atom is -0.324 e. The van der Waals surface area contributed by atoms with Crippen molar-refractivity contribution in [3.63, 3.8) is 0 Å². The molecule has 1 heterocycles. The minimum absolute atomic E-state index is 0.0203. The summed E-state index contributed by atoms with van der Waals surface area (Å²) in [5.74, 6) is 0.320. The van der Waals surface area contributed by atoms with Crippen LogP contribution in [0, 0.1) is 5.92 Å². The van der Waals surface area contributed by atoms with Crippen LogP contribution >= 0.6 is 15.9 Å². The zero-order chi connectivity index (χ0) is 12.7. The lowest BCUT2D eigenvalue weighted by atomic mass is 9.83. The summed E-state index contributed by atoms with van der Waals surface area (Å²) in [6.07, 6.45) is 0. The Labute approximate surface area is 110 Å². The van der Waals surface area contributed by atoms with E-state index in [9.17, 15) is 4.79 Å². The predicted molar refractivity (Wildman–Crippen MR) is 72.9 cm³/mol. The number of carbonyl (C=O) groups is 1. The van der Waals surface area contributed by atoms with Gasteiger partial charge in [0.2, 0.25) is 5.91 Å². The van der Waals surface area contributed by atoms with Gasteiger partial charge in [0.25, 0.3) is 0 Å². The van der Waals surface area contributed by atoms with Crippen molar-refractivity contribution in [1.29, 1.82) is 0 Å². The third-order valence-electron chi connectivity index (χ3n) is 3.68. The molecule has 3 nitrogen and oxygen atoms in total. The molecule has 2 N–H and O–H groups in total. The summed E-state index contributed by atoms with van der Waals surface area (Å²) in [5, 5.41) is 0. The van der Waals surface area contributed by atoms with Crippen molar-refractivity contribution in [3.8, 4) is 0 Å². The van der Waals surface area contributed by atoms with E-state index in [1.807, 2.05) is 23.1 Å². The van der Waals surface area contributed by atoms with Crippen LogP contribution in [-0.4, -0.2) is 11.9 Å². The van der Waals surface area contributed by atoms with E-state index in [-0.39, 0.29) is 23.9 Å². The first-order valence-corrected chi connectivity index (χ1v) is 6.57. The number of fused-ring (bicyclic) bond motifs is 1. The number of nitrogens with zero attached hydrogens (tertiary/aromatic N) is 1. The first-order chi connectivity index (χ1) is 7.93. The van der Waals surface area contributed by atoms with Gasteiger partial charge in [-0.05, 0) is 36.6 Å². The number of hydrogen-bond donors (Lipinski definition) is 1. The third-order valence-corrected chi connectivity index (χ3v) is 4.18. The van der Waals surface area contributed by atoms with Crippen molar-refractivity contribution < 1.29 is 4.79 Å². The van der Waals surface area contributed by atoms with Crippen molar-refractivity contribution in [2.45, 2.75) is 32.9 Å². The summed E-state index contributed by atoms with van der Waals surface area (Å²) in [6, 6.07) is 6.04. The van der Waals surface area contributed by atoms with E-state index in [4.69, 9.17) is 5.73 Å². The van der Waals surface area contributed by atoms with Gasteiger partial charge in [0.15, 0.2) is 0 Å². The third kappa shape index (κ3) is 2.00. The Hall–Kier alpha value is -0.870. The molecule has 2 rings (SSSR count). The van der Waals surface area contributed by atoms with Gasteiger partial charge in [-0.1, -0.05) is 22.9 Å². The Balaban J connectivity index is 2.60. The van der Waals surface area contributed by atoms with Crippen LogP contribution in [0.15, 0.2) is 22.7 Å². The second-order valence-corrected chi connectivity index (χ2v) is 5.63. The fourth-order valence-corrected chi connectivity index (χ4v) is 2.88. The molecule has 0 bridgehead atoms. The Morgan fingerprint density at radius 3 is 2.65 bits per heavy atom. The standard InChI is InChI=1S/C13H17BrN2O/c1-7-8(2)16(9(3)17)12-5-4-10(14)6-11(12)13(7)15/h4-8,13H,15H2,1-3H3. The van der Waals surface area contributed by atoms with E-state index < -0.39 is 0 Å². The monoisotopic (exact) mass is 296 g/mol. The largest absolute Gasteiger partial charge is 0.324 e. The quantitative estimate of drug-likeness (QED) is 0.800. The molecule has 1 aromatic rings. The molecule has 0 fully saturated rings. The summed E-state index contributed by atoms with van der Waals surface area (Å²) < 4.78 is 0.997. The maximum absolute atomic E-state index is 11.8. The van der Waals surface area contributed by atoms with Crippen molar-refractivity contribution in [3.05, 3.63) is 28.2 Å². The maximum Gasteiger partial charge on any atom is 0.224 e. The number of halogens is 1. The number of anilines is 1. The zero-order valence-corrected chi connectivity index (χ0v) is 11.9. The lowest BCUT2D eigenvalue weighted by Gasteiger charge is -2.42. The molecule has 1 aliphatic heterocycles. The normalized spacial score (nSPS) is 27.8. The Kier molecular flexibility index (Phi) is 3.27. The van der Waals surface area contributed by atoms with Gasteiger partial charge in [-0.3, -0.25) is 4.79 Å². The first kappa shape index (κ1) is 12.6. The summed E-state index contributed by atoms with van der Waals surface area (Å²) >= 11 is 3.45. The van der Waals surface area contributed by atoms with E-state index >= 15 is 0 Å². The second-order valence-electron chi connectivity index (χ2n) is 4.72. The molecule has 1 aromatic carbocycles. The molecule has 92 valence electrons. The van der Waals surface area contributed by atoms with E-state index in [1.165, 1.54) is 0 Å².